The van der Waals surface area contributed by atoms with Gasteiger partial charge in [-0.1, -0.05) is 0 Å². The second-order valence-electron chi connectivity index (χ2n) is 6.12. The maximum absolute atomic E-state index is 13.0. The molecule has 29 heavy (non-hydrogen) atoms. The van der Waals surface area contributed by atoms with Gasteiger partial charge in [-0.3, -0.25) is 10.0 Å². The molecule has 0 aromatic heterocycles. The summed E-state index contributed by atoms with van der Waals surface area (Å²) < 4.78 is 68.3. The Morgan fingerprint density at radius 1 is 0.966 bits per heavy atom. The molecule has 0 saturated carbocycles. The number of sulfone groups is 2. The third-order valence-electron chi connectivity index (χ3n) is 3.97. The Kier molecular flexibility index (Phi) is 6.63. The number of hydroxylamine groups is 1. The number of carbonyl (C=O) groups excluding carboxylic acids is 1. The molecule has 1 atom stereocenters. The van der Waals surface area contributed by atoms with Crippen molar-refractivity contribution in [2.45, 2.75) is 15.4 Å². The zero-order valence-corrected chi connectivity index (χ0v) is 16.7. The first-order valence-corrected chi connectivity index (χ1v) is 11.3. The van der Waals surface area contributed by atoms with E-state index in [0.29, 0.717) is 5.75 Å². The van der Waals surface area contributed by atoms with E-state index >= 15 is 0 Å². The number of amides is 1. The summed E-state index contributed by atoms with van der Waals surface area (Å²) in [6, 6.07) is 8.47. The average molecular weight is 447 g/mol. The molecule has 1 unspecified atom stereocenters. The fourth-order valence-corrected chi connectivity index (χ4v) is 5.78. The van der Waals surface area contributed by atoms with Gasteiger partial charge in [0.15, 0.2) is 25.3 Å². The number of hydrogen-bond acceptors (Lipinski definition) is 8. The minimum Gasteiger partial charge on any atom is -0.497 e. The van der Waals surface area contributed by atoms with Crippen molar-refractivity contribution in [2.24, 2.45) is 0 Å². The monoisotopic (exact) mass is 447 g/mol. The van der Waals surface area contributed by atoms with Crippen molar-refractivity contribution in [1.29, 1.82) is 0 Å². The minimum absolute atomic E-state index is 0.304. The topological polar surface area (TPSA) is 147 Å². The first kappa shape index (κ1) is 22.7. The first-order chi connectivity index (χ1) is 13.4. The summed E-state index contributed by atoms with van der Waals surface area (Å²) in [7, 11) is -7.42. The molecule has 0 bridgehead atoms. The predicted molar refractivity (Wildman–Crippen MR) is 98.4 cm³/mol. The molecule has 0 fully saturated rings. The van der Waals surface area contributed by atoms with Crippen LogP contribution in [0.1, 0.15) is 0 Å². The van der Waals surface area contributed by atoms with Crippen molar-refractivity contribution in [1.82, 2.24) is 5.48 Å². The summed E-state index contributed by atoms with van der Waals surface area (Å²) in [4.78, 5) is 11.2. The standard InChI is InChI=1S/C17H18FNO8S2/c1-27-13-4-8-15(9-5-13)29(25,26)11-17(21,16(20)19-22)10-28(23,24)14-6-2-12(18)3-7-14/h2-9,21-22H,10-11H2,1H3,(H,19,20). The van der Waals surface area contributed by atoms with E-state index in [4.69, 9.17) is 9.94 Å². The van der Waals surface area contributed by atoms with Crippen LogP contribution in [0, 0.1) is 5.82 Å². The molecule has 0 radical (unpaired) electrons. The largest absolute Gasteiger partial charge is 0.497 e. The van der Waals surface area contributed by atoms with E-state index in [9.17, 15) is 31.1 Å². The van der Waals surface area contributed by atoms with Crippen LogP contribution in [0.15, 0.2) is 58.3 Å². The summed E-state index contributed by atoms with van der Waals surface area (Å²) in [6.07, 6.45) is 0. The Morgan fingerprint density at radius 2 is 1.38 bits per heavy atom. The molecular weight excluding hydrogens is 429 g/mol. The van der Waals surface area contributed by atoms with Crippen LogP contribution in [-0.4, -0.2) is 57.3 Å². The molecule has 0 heterocycles. The number of nitrogens with one attached hydrogen (secondary N) is 1. The Bertz CT molecular complexity index is 1080. The zero-order valence-electron chi connectivity index (χ0n) is 15.1. The summed E-state index contributed by atoms with van der Waals surface area (Å²) in [5.41, 5.74) is -1.94. The normalized spacial score (nSPS) is 14.1. The number of carbonyl (C=O) groups is 1. The summed E-state index contributed by atoms with van der Waals surface area (Å²) in [5.74, 6) is -4.69. The van der Waals surface area contributed by atoms with Crippen molar-refractivity contribution >= 4 is 25.6 Å². The molecule has 158 valence electrons. The third-order valence-corrected chi connectivity index (χ3v) is 7.67. The van der Waals surface area contributed by atoms with Crippen molar-refractivity contribution in [3.63, 3.8) is 0 Å². The highest BCUT2D eigenvalue weighted by Gasteiger charge is 2.45. The molecule has 0 aliphatic heterocycles. The lowest BCUT2D eigenvalue weighted by atomic mass is 10.1. The van der Waals surface area contributed by atoms with Gasteiger partial charge in [0, 0.05) is 0 Å². The molecule has 1 amide bonds. The number of ether oxygens (including phenoxy) is 1. The number of aliphatic hydroxyl groups is 1. The van der Waals surface area contributed by atoms with E-state index in [0.717, 1.165) is 41.9 Å². The molecule has 0 aliphatic carbocycles. The second-order valence-corrected chi connectivity index (χ2v) is 10.1. The lowest BCUT2D eigenvalue weighted by molar-refractivity contribution is -0.144. The van der Waals surface area contributed by atoms with Crippen LogP contribution in [0.2, 0.25) is 0 Å². The van der Waals surface area contributed by atoms with Crippen molar-refractivity contribution in [2.75, 3.05) is 18.6 Å². The Hall–Kier alpha value is -2.54. The van der Waals surface area contributed by atoms with Crippen molar-refractivity contribution in [3.8, 4) is 5.75 Å². The van der Waals surface area contributed by atoms with Gasteiger partial charge in [-0.2, -0.15) is 0 Å². The van der Waals surface area contributed by atoms with Gasteiger partial charge in [0.1, 0.15) is 11.6 Å². The van der Waals surface area contributed by atoms with Gasteiger partial charge in [0.2, 0.25) is 0 Å². The van der Waals surface area contributed by atoms with Crippen LogP contribution in [0.25, 0.3) is 0 Å². The van der Waals surface area contributed by atoms with Crippen LogP contribution in [0.5, 0.6) is 5.75 Å². The van der Waals surface area contributed by atoms with E-state index in [1.54, 1.807) is 0 Å². The lowest BCUT2D eigenvalue weighted by Gasteiger charge is -2.25. The number of halogens is 1. The summed E-state index contributed by atoms with van der Waals surface area (Å²) in [6.45, 7) is 0. The van der Waals surface area contributed by atoms with Crippen molar-refractivity contribution in [3.05, 3.63) is 54.3 Å². The predicted octanol–water partition coefficient (Wildman–Crippen LogP) is 0.318. The lowest BCUT2D eigenvalue weighted by Crippen LogP contribution is -2.55. The van der Waals surface area contributed by atoms with E-state index in [1.807, 2.05) is 0 Å². The first-order valence-electron chi connectivity index (χ1n) is 7.95. The van der Waals surface area contributed by atoms with Crippen LogP contribution in [-0.2, 0) is 24.5 Å². The Labute approximate surface area is 166 Å². The Balaban J connectivity index is 2.41. The van der Waals surface area contributed by atoms with Gasteiger partial charge < -0.3 is 9.84 Å². The SMILES string of the molecule is COc1ccc(S(=O)(=O)CC(O)(CS(=O)(=O)c2ccc(F)cc2)C(=O)NO)cc1. The van der Waals surface area contributed by atoms with Gasteiger partial charge in [0.05, 0.1) is 28.4 Å². The van der Waals surface area contributed by atoms with Gasteiger partial charge in [0.25, 0.3) is 5.91 Å². The van der Waals surface area contributed by atoms with Gasteiger partial charge in [-0.05, 0) is 48.5 Å². The van der Waals surface area contributed by atoms with Crippen LogP contribution < -0.4 is 10.2 Å². The fourth-order valence-electron chi connectivity index (χ4n) is 2.50. The minimum atomic E-state index is -4.43. The van der Waals surface area contributed by atoms with Crippen LogP contribution in [0.4, 0.5) is 4.39 Å². The molecule has 0 saturated heterocycles. The molecule has 2 aromatic rings. The smallest absolute Gasteiger partial charge is 0.277 e. The van der Waals surface area contributed by atoms with Crippen LogP contribution >= 0.6 is 0 Å². The number of hydrogen-bond donors (Lipinski definition) is 3. The van der Waals surface area contributed by atoms with E-state index < -0.39 is 53.4 Å². The molecule has 12 heteroatoms. The molecule has 0 aliphatic rings. The summed E-state index contributed by atoms with van der Waals surface area (Å²) in [5, 5.41) is 19.5. The highest BCUT2D eigenvalue weighted by molar-refractivity contribution is 7.92. The van der Waals surface area contributed by atoms with Gasteiger partial charge in [-0.25, -0.2) is 26.7 Å². The van der Waals surface area contributed by atoms with E-state index in [1.165, 1.54) is 19.2 Å². The Morgan fingerprint density at radius 3 is 1.76 bits per heavy atom. The van der Waals surface area contributed by atoms with Gasteiger partial charge in [-0.15, -0.1) is 0 Å². The second kappa shape index (κ2) is 8.45. The molecule has 0 spiro atoms. The maximum Gasteiger partial charge on any atom is 0.277 e. The van der Waals surface area contributed by atoms with Crippen LogP contribution in [0.3, 0.4) is 0 Å². The maximum atomic E-state index is 13.0. The number of rotatable bonds is 8. The quantitative estimate of drug-likeness (QED) is 0.298. The van der Waals surface area contributed by atoms with E-state index in [2.05, 4.69) is 0 Å². The van der Waals surface area contributed by atoms with Gasteiger partial charge >= 0.3 is 0 Å². The van der Waals surface area contributed by atoms with E-state index in [-0.39, 0.29) is 4.90 Å². The number of benzene rings is 2. The molecule has 3 N–H and O–H groups in total. The zero-order chi connectivity index (χ0) is 21.9. The van der Waals surface area contributed by atoms with Crippen molar-refractivity contribution < 1.29 is 41.1 Å². The summed E-state index contributed by atoms with van der Waals surface area (Å²) >= 11 is 0. The highest BCUT2D eigenvalue weighted by atomic mass is 32.2. The molecule has 9 nitrogen and oxygen atoms in total. The molecule has 2 rings (SSSR count). The third kappa shape index (κ3) is 5.29. The average Bonchev–Trinajstić information content (AvgIpc) is 2.66. The highest BCUT2D eigenvalue weighted by Crippen LogP contribution is 2.24. The fraction of sp³-hybridized carbons (Fsp3) is 0.235. The number of methoxy groups -OCH3 is 1. The molecular formula is C17H18FNO8S2. The molecule has 2 aromatic carbocycles.